The predicted octanol–water partition coefficient (Wildman–Crippen LogP) is 3.92. The Morgan fingerprint density at radius 2 is 1.93 bits per heavy atom. The van der Waals surface area contributed by atoms with Crippen molar-refractivity contribution in [2.45, 2.75) is 39.3 Å². The summed E-state index contributed by atoms with van der Waals surface area (Å²) in [6.07, 6.45) is 7.74. The highest BCUT2D eigenvalue weighted by molar-refractivity contribution is 5.68. The Morgan fingerprint density at radius 1 is 1.10 bits per heavy atom. The van der Waals surface area contributed by atoms with Crippen LogP contribution < -0.4 is 10.2 Å². The van der Waals surface area contributed by atoms with Crippen LogP contribution in [-0.4, -0.2) is 48.6 Å². The van der Waals surface area contributed by atoms with Crippen molar-refractivity contribution in [3.63, 3.8) is 0 Å². The van der Waals surface area contributed by atoms with Crippen LogP contribution in [0.5, 0.6) is 0 Å². The molecule has 0 aliphatic carbocycles. The van der Waals surface area contributed by atoms with E-state index in [-0.39, 0.29) is 5.82 Å². The highest BCUT2D eigenvalue weighted by Gasteiger charge is 2.21. The number of benzene rings is 1. The van der Waals surface area contributed by atoms with Gasteiger partial charge in [-0.25, -0.2) is 4.39 Å². The Labute approximate surface area is 173 Å². The summed E-state index contributed by atoms with van der Waals surface area (Å²) in [5.74, 6) is -0.264. The highest BCUT2D eigenvalue weighted by Crippen LogP contribution is 2.24. The first-order valence-electron chi connectivity index (χ1n) is 10.7. The Bertz CT molecular complexity index is 871. The zero-order chi connectivity index (χ0) is 20.2. The Hall–Kier alpha value is -2.24. The number of likely N-dealkylation sites (tertiary alicyclic amines) is 1. The monoisotopic (exact) mass is 394 g/mol. The molecule has 4 nitrogen and oxygen atoms in total. The standard InChI is InChI=1S/C24H31FN4/c1-18-5-6-20(14-19(18)2)16-26-22-7-10-28(11-8-22)12-13-29-9-3-4-23-24(29)15-21(25)17-27-23/h3-6,14-15,17,22,26H,7-13,16H2,1-2H3. The van der Waals surface area contributed by atoms with Crippen LogP contribution in [0.15, 0.2) is 36.5 Å². The molecule has 0 unspecified atom stereocenters. The number of nitrogens with one attached hydrogen (secondary N) is 1. The fourth-order valence-corrected chi connectivity index (χ4v) is 4.22. The van der Waals surface area contributed by atoms with Crippen molar-refractivity contribution in [1.82, 2.24) is 15.2 Å². The molecule has 2 aliphatic rings. The minimum atomic E-state index is -0.264. The maximum absolute atomic E-state index is 13.6. The number of nitrogens with zero attached hydrogens (tertiary/aromatic N) is 3. The maximum Gasteiger partial charge on any atom is 0.143 e. The van der Waals surface area contributed by atoms with Gasteiger partial charge in [-0.3, -0.25) is 4.98 Å². The van der Waals surface area contributed by atoms with Crippen molar-refractivity contribution < 1.29 is 4.39 Å². The molecule has 1 saturated heterocycles. The lowest BCUT2D eigenvalue weighted by Crippen LogP contribution is -2.45. The summed E-state index contributed by atoms with van der Waals surface area (Å²) >= 11 is 0. The third kappa shape index (κ3) is 5.03. The smallest absolute Gasteiger partial charge is 0.143 e. The van der Waals surface area contributed by atoms with Crippen molar-refractivity contribution in [3.8, 4) is 0 Å². The van der Waals surface area contributed by atoms with E-state index in [1.165, 1.54) is 35.7 Å². The van der Waals surface area contributed by atoms with Crippen LogP contribution in [0.3, 0.4) is 0 Å². The third-order valence-electron chi connectivity index (χ3n) is 6.25. The first-order valence-corrected chi connectivity index (χ1v) is 10.7. The van der Waals surface area contributed by atoms with E-state index in [9.17, 15) is 4.39 Å². The average molecular weight is 395 g/mol. The van der Waals surface area contributed by atoms with Gasteiger partial charge >= 0.3 is 0 Å². The second-order valence-electron chi connectivity index (χ2n) is 8.32. The van der Waals surface area contributed by atoms with E-state index in [1.54, 1.807) is 6.07 Å². The van der Waals surface area contributed by atoms with Gasteiger partial charge in [0.25, 0.3) is 0 Å². The molecule has 0 amide bonds. The molecule has 2 aromatic rings. The van der Waals surface area contributed by atoms with Gasteiger partial charge in [0.05, 0.1) is 17.6 Å². The molecular formula is C24H31FN4. The van der Waals surface area contributed by atoms with Crippen molar-refractivity contribution in [2.75, 3.05) is 37.6 Å². The number of anilines is 1. The summed E-state index contributed by atoms with van der Waals surface area (Å²) in [4.78, 5) is 8.96. The molecule has 5 heteroatoms. The number of piperidine rings is 1. The minimum absolute atomic E-state index is 0.264. The molecule has 1 aromatic carbocycles. The molecule has 0 bridgehead atoms. The Balaban J connectivity index is 1.22. The lowest BCUT2D eigenvalue weighted by atomic mass is 10.0. The van der Waals surface area contributed by atoms with E-state index in [0.29, 0.717) is 6.04 Å². The average Bonchev–Trinajstić information content (AvgIpc) is 2.74. The quantitative estimate of drug-likeness (QED) is 0.805. The molecule has 3 heterocycles. The zero-order valence-corrected chi connectivity index (χ0v) is 17.5. The number of aryl methyl sites for hydroxylation is 2. The number of hydrogen-bond acceptors (Lipinski definition) is 4. The van der Waals surface area contributed by atoms with Gasteiger partial charge in [0.15, 0.2) is 0 Å². The first-order chi connectivity index (χ1) is 14.1. The number of fused-ring (bicyclic) bond motifs is 1. The summed E-state index contributed by atoms with van der Waals surface area (Å²) in [5.41, 5.74) is 5.87. The summed E-state index contributed by atoms with van der Waals surface area (Å²) in [6.45, 7) is 10.3. The minimum Gasteiger partial charge on any atom is -0.365 e. The van der Waals surface area contributed by atoms with Crippen LogP contribution in [0.4, 0.5) is 10.1 Å². The van der Waals surface area contributed by atoms with Gasteiger partial charge in [0.2, 0.25) is 0 Å². The molecule has 0 atom stereocenters. The molecule has 29 heavy (non-hydrogen) atoms. The lowest BCUT2D eigenvalue weighted by Gasteiger charge is -2.35. The number of pyridine rings is 1. The molecule has 4 rings (SSSR count). The molecule has 1 fully saturated rings. The van der Waals surface area contributed by atoms with Gasteiger partial charge < -0.3 is 15.1 Å². The van der Waals surface area contributed by atoms with Gasteiger partial charge in [-0.05, 0) is 62.5 Å². The summed E-state index contributed by atoms with van der Waals surface area (Å²) in [5, 5.41) is 3.73. The number of aromatic nitrogens is 1. The fraction of sp³-hybridized carbons (Fsp3) is 0.458. The molecule has 1 aromatic heterocycles. The Morgan fingerprint density at radius 3 is 2.72 bits per heavy atom. The fourth-order valence-electron chi connectivity index (χ4n) is 4.22. The van der Waals surface area contributed by atoms with Crippen LogP contribution in [0.1, 0.15) is 35.2 Å². The highest BCUT2D eigenvalue weighted by atomic mass is 19.1. The SMILES string of the molecule is Cc1ccc(CNC2CCN(CCN3CC=Cc4ncc(F)cc43)CC2)cc1C. The molecule has 0 saturated carbocycles. The largest absolute Gasteiger partial charge is 0.365 e. The van der Waals surface area contributed by atoms with Gasteiger partial charge in [-0.1, -0.05) is 24.3 Å². The zero-order valence-electron chi connectivity index (χ0n) is 17.5. The van der Waals surface area contributed by atoms with Gasteiger partial charge in [0, 0.05) is 38.3 Å². The lowest BCUT2D eigenvalue weighted by molar-refractivity contribution is 0.201. The van der Waals surface area contributed by atoms with Crippen molar-refractivity contribution in [1.29, 1.82) is 0 Å². The van der Waals surface area contributed by atoms with Crippen LogP contribution >= 0.6 is 0 Å². The predicted molar refractivity (Wildman–Crippen MR) is 118 cm³/mol. The van der Waals surface area contributed by atoms with Crippen molar-refractivity contribution in [2.24, 2.45) is 0 Å². The van der Waals surface area contributed by atoms with Crippen LogP contribution in [0.2, 0.25) is 0 Å². The van der Waals surface area contributed by atoms with Gasteiger partial charge in [-0.2, -0.15) is 0 Å². The van der Waals surface area contributed by atoms with Crippen LogP contribution in [0.25, 0.3) is 6.08 Å². The van der Waals surface area contributed by atoms with Gasteiger partial charge in [0.1, 0.15) is 5.82 Å². The normalized spacial score (nSPS) is 17.6. The van der Waals surface area contributed by atoms with E-state index in [4.69, 9.17) is 0 Å². The second-order valence-corrected chi connectivity index (χ2v) is 8.32. The van der Waals surface area contributed by atoms with E-state index >= 15 is 0 Å². The molecular weight excluding hydrogens is 363 g/mol. The number of halogens is 1. The van der Waals surface area contributed by atoms with E-state index in [1.807, 2.05) is 6.08 Å². The van der Waals surface area contributed by atoms with Crippen LogP contribution in [-0.2, 0) is 6.54 Å². The van der Waals surface area contributed by atoms with E-state index in [2.05, 4.69) is 58.2 Å². The summed E-state index contributed by atoms with van der Waals surface area (Å²) in [7, 11) is 0. The van der Waals surface area contributed by atoms with Gasteiger partial charge in [-0.15, -0.1) is 0 Å². The summed E-state index contributed by atoms with van der Waals surface area (Å²) < 4.78 is 13.6. The molecule has 1 N–H and O–H groups in total. The van der Waals surface area contributed by atoms with Crippen molar-refractivity contribution >= 4 is 11.8 Å². The second kappa shape index (κ2) is 9.06. The first kappa shape index (κ1) is 20.0. The molecule has 2 aliphatic heterocycles. The van der Waals surface area contributed by atoms with E-state index in [0.717, 1.165) is 50.6 Å². The Kier molecular flexibility index (Phi) is 6.26. The third-order valence-corrected chi connectivity index (χ3v) is 6.25. The maximum atomic E-state index is 13.6. The number of hydrogen-bond donors (Lipinski definition) is 1. The topological polar surface area (TPSA) is 31.4 Å². The number of rotatable bonds is 6. The summed E-state index contributed by atoms with van der Waals surface area (Å²) in [6, 6.07) is 8.93. The van der Waals surface area contributed by atoms with Crippen LogP contribution in [0, 0.1) is 19.7 Å². The van der Waals surface area contributed by atoms with Crippen molar-refractivity contribution in [3.05, 3.63) is 64.7 Å². The van der Waals surface area contributed by atoms with E-state index < -0.39 is 0 Å². The molecule has 0 spiro atoms. The molecule has 0 radical (unpaired) electrons. The molecule has 154 valence electrons.